The molecule has 17 heavy (non-hydrogen) atoms. The normalized spacial score (nSPS) is 23.5. The summed E-state index contributed by atoms with van der Waals surface area (Å²) >= 11 is 0. The van der Waals surface area contributed by atoms with Crippen LogP contribution in [0.15, 0.2) is 24.5 Å². The third-order valence-electron chi connectivity index (χ3n) is 3.52. The zero-order valence-corrected chi connectivity index (χ0v) is 10.3. The summed E-state index contributed by atoms with van der Waals surface area (Å²) in [6.07, 6.45) is 4.35. The van der Waals surface area contributed by atoms with Crippen LogP contribution in [0.4, 0.5) is 0 Å². The topological polar surface area (TPSA) is 53.4 Å². The van der Waals surface area contributed by atoms with E-state index in [0.29, 0.717) is 12.1 Å². The van der Waals surface area contributed by atoms with Crippen molar-refractivity contribution in [3.8, 4) is 0 Å². The fourth-order valence-corrected chi connectivity index (χ4v) is 2.27. The molecule has 0 saturated carbocycles. The van der Waals surface area contributed by atoms with E-state index in [-0.39, 0.29) is 5.91 Å². The molecule has 0 aliphatic carbocycles. The van der Waals surface area contributed by atoms with Gasteiger partial charge in [-0.15, -0.1) is 0 Å². The first-order chi connectivity index (χ1) is 8.03. The molecule has 0 radical (unpaired) electrons. The summed E-state index contributed by atoms with van der Waals surface area (Å²) in [5, 5.41) is 9.99. The average Bonchev–Trinajstić information content (AvgIpc) is 2.33. The van der Waals surface area contributed by atoms with E-state index in [0.717, 1.165) is 12.8 Å². The summed E-state index contributed by atoms with van der Waals surface area (Å²) in [5.41, 5.74) is 0.0696. The highest BCUT2D eigenvalue weighted by atomic mass is 16.3. The number of pyridine rings is 1. The molecule has 0 bridgehead atoms. The van der Waals surface area contributed by atoms with E-state index in [1.807, 2.05) is 13.8 Å². The Morgan fingerprint density at radius 3 is 3.00 bits per heavy atom. The van der Waals surface area contributed by atoms with Crippen LogP contribution in [0.3, 0.4) is 0 Å². The van der Waals surface area contributed by atoms with E-state index in [1.165, 1.54) is 0 Å². The van der Waals surface area contributed by atoms with Gasteiger partial charge in [-0.25, -0.2) is 0 Å². The molecule has 0 spiro atoms. The number of carbonyl (C=O) groups excluding carboxylic acids is 1. The molecule has 1 unspecified atom stereocenters. The Balaban J connectivity index is 2.25. The van der Waals surface area contributed by atoms with Crippen molar-refractivity contribution in [3.63, 3.8) is 0 Å². The second-order valence-electron chi connectivity index (χ2n) is 5.01. The predicted octanol–water partition coefficient (Wildman–Crippen LogP) is 1.46. The maximum absolute atomic E-state index is 12.3. The molecule has 1 fully saturated rings. The average molecular weight is 234 g/mol. The lowest BCUT2D eigenvalue weighted by Gasteiger charge is -2.45. The van der Waals surface area contributed by atoms with Crippen molar-refractivity contribution in [1.29, 1.82) is 0 Å². The summed E-state index contributed by atoms with van der Waals surface area (Å²) in [6.45, 7) is 4.51. The summed E-state index contributed by atoms with van der Waals surface area (Å²) in [5.74, 6) is -0.0538. The van der Waals surface area contributed by atoms with Gasteiger partial charge in [0.15, 0.2) is 0 Å². The zero-order valence-electron chi connectivity index (χ0n) is 10.3. The van der Waals surface area contributed by atoms with Crippen LogP contribution < -0.4 is 0 Å². The monoisotopic (exact) mass is 234 g/mol. The Bertz CT molecular complexity index is 403. The van der Waals surface area contributed by atoms with E-state index in [9.17, 15) is 9.90 Å². The minimum absolute atomic E-state index is 0.0538. The molecule has 1 atom stereocenters. The Morgan fingerprint density at radius 1 is 1.59 bits per heavy atom. The minimum Gasteiger partial charge on any atom is -0.391 e. The third-order valence-corrected chi connectivity index (χ3v) is 3.52. The second kappa shape index (κ2) is 4.45. The number of aliphatic hydroxyl groups is 1. The van der Waals surface area contributed by atoms with Gasteiger partial charge >= 0.3 is 0 Å². The molecule has 1 N–H and O–H groups in total. The van der Waals surface area contributed by atoms with Gasteiger partial charge in [0.1, 0.15) is 0 Å². The molecule has 1 aliphatic rings. The molecule has 1 aliphatic heterocycles. The first kappa shape index (κ1) is 12.0. The lowest BCUT2D eigenvalue weighted by atomic mass is 9.87. The van der Waals surface area contributed by atoms with Crippen molar-refractivity contribution >= 4 is 5.91 Å². The lowest BCUT2D eigenvalue weighted by molar-refractivity contribution is -0.0307. The molecule has 4 nitrogen and oxygen atoms in total. The van der Waals surface area contributed by atoms with E-state index in [2.05, 4.69) is 4.98 Å². The van der Waals surface area contributed by atoms with Crippen molar-refractivity contribution in [3.05, 3.63) is 30.1 Å². The highest BCUT2D eigenvalue weighted by molar-refractivity contribution is 5.94. The first-order valence-electron chi connectivity index (χ1n) is 5.93. The van der Waals surface area contributed by atoms with Crippen LogP contribution in [-0.4, -0.2) is 39.1 Å². The molecule has 1 saturated heterocycles. The number of amides is 1. The molecule has 2 heterocycles. The Morgan fingerprint density at radius 2 is 2.35 bits per heavy atom. The first-order valence-corrected chi connectivity index (χ1v) is 5.93. The van der Waals surface area contributed by atoms with E-state index in [4.69, 9.17) is 0 Å². The Kier molecular flexibility index (Phi) is 3.15. The Hall–Kier alpha value is -1.42. The number of rotatable bonds is 1. The smallest absolute Gasteiger partial charge is 0.255 e. The van der Waals surface area contributed by atoms with Crippen LogP contribution in [-0.2, 0) is 0 Å². The van der Waals surface area contributed by atoms with E-state index >= 15 is 0 Å². The molecule has 1 aromatic heterocycles. The lowest BCUT2D eigenvalue weighted by Crippen LogP contribution is -2.58. The van der Waals surface area contributed by atoms with Gasteiger partial charge in [-0.2, -0.15) is 0 Å². The van der Waals surface area contributed by atoms with Crippen molar-refractivity contribution in [1.82, 2.24) is 9.88 Å². The molecule has 1 aromatic rings. The van der Waals surface area contributed by atoms with Gasteiger partial charge in [-0.05, 0) is 38.8 Å². The fraction of sp³-hybridized carbons (Fsp3) is 0.538. The van der Waals surface area contributed by atoms with E-state index in [1.54, 1.807) is 29.4 Å². The molecule has 1 amide bonds. The van der Waals surface area contributed by atoms with Crippen LogP contribution in [0, 0.1) is 0 Å². The summed E-state index contributed by atoms with van der Waals surface area (Å²) in [7, 11) is 0. The van der Waals surface area contributed by atoms with Crippen LogP contribution >= 0.6 is 0 Å². The van der Waals surface area contributed by atoms with Crippen LogP contribution in [0.25, 0.3) is 0 Å². The van der Waals surface area contributed by atoms with Crippen LogP contribution in [0.2, 0.25) is 0 Å². The number of aromatic nitrogens is 1. The van der Waals surface area contributed by atoms with Crippen molar-refractivity contribution in [2.75, 3.05) is 6.54 Å². The highest BCUT2D eigenvalue weighted by Gasteiger charge is 2.40. The molecule has 0 aromatic carbocycles. The number of hydrogen-bond donors (Lipinski definition) is 1. The quantitative estimate of drug-likeness (QED) is 0.800. The number of carbonyl (C=O) groups is 1. The number of aliphatic hydroxyl groups excluding tert-OH is 1. The van der Waals surface area contributed by atoms with Gasteiger partial charge in [-0.3, -0.25) is 9.78 Å². The van der Waals surface area contributed by atoms with Gasteiger partial charge in [0.05, 0.1) is 17.2 Å². The number of hydrogen-bond acceptors (Lipinski definition) is 3. The van der Waals surface area contributed by atoms with Gasteiger partial charge in [0.2, 0.25) is 0 Å². The standard InChI is InChI=1S/C13H18N2O2/c1-13(2)11(16)6-4-8-15(13)12(17)10-5-3-7-14-9-10/h3,5,7,9,11,16H,4,6,8H2,1-2H3. The number of nitrogens with zero attached hydrogens (tertiary/aromatic N) is 2. The summed E-state index contributed by atoms with van der Waals surface area (Å²) in [6, 6.07) is 3.51. The molecule has 4 heteroatoms. The summed E-state index contributed by atoms with van der Waals surface area (Å²) < 4.78 is 0. The second-order valence-corrected chi connectivity index (χ2v) is 5.01. The van der Waals surface area contributed by atoms with Crippen molar-refractivity contribution in [2.45, 2.75) is 38.3 Å². The van der Waals surface area contributed by atoms with Gasteiger partial charge in [-0.1, -0.05) is 0 Å². The summed E-state index contributed by atoms with van der Waals surface area (Å²) in [4.78, 5) is 18.0. The van der Waals surface area contributed by atoms with Crippen molar-refractivity contribution in [2.24, 2.45) is 0 Å². The Labute approximate surface area is 101 Å². The zero-order chi connectivity index (χ0) is 12.5. The molecule has 92 valence electrons. The maximum Gasteiger partial charge on any atom is 0.255 e. The molecular weight excluding hydrogens is 216 g/mol. The SMILES string of the molecule is CC1(C)C(O)CCCN1C(=O)c1cccnc1. The van der Waals surface area contributed by atoms with Gasteiger partial charge < -0.3 is 10.0 Å². The van der Waals surface area contributed by atoms with Crippen LogP contribution in [0.1, 0.15) is 37.0 Å². The highest BCUT2D eigenvalue weighted by Crippen LogP contribution is 2.29. The predicted molar refractivity (Wildman–Crippen MR) is 64.6 cm³/mol. The number of likely N-dealkylation sites (tertiary alicyclic amines) is 1. The van der Waals surface area contributed by atoms with E-state index < -0.39 is 11.6 Å². The maximum atomic E-state index is 12.3. The third kappa shape index (κ3) is 2.17. The minimum atomic E-state index is -0.509. The molecular formula is C13H18N2O2. The largest absolute Gasteiger partial charge is 0.391 e. The van der Waals surface area contributed by atoms with Gasteiger partial charge in [0.25, 0.3) is 5.91 Å². The molecule has 2 rings (SSSR count). The van der Waals surface area contributed by atoms with Crippen LogP contribution in [0.5, 0.6) is 0 Å². The van der Waals surface area contributed by atoms with Crippen molar-refractivity contribution < 1.29 is 9.90 Å². The fourth-order valence-electron chi connectivity index (χ4n) is 2.27. The van der Waals surface area contributed by atoms with Gasteiger partial charge in [0, 0.05) is 18.9 Å². The number of piperidine rings is 1.